The maximum Gasteiger partial charge on any atom is 0.254 e. The monoisotopic (exact) mass is 331 g/mol. The normalized spacial score (nSPS) is 24.0. The largest absolute Gasteiger partial charge is 0.384 e. The van der Waals surface area contributed by atoms with Gasteiger partial charge in [-0.1, -0.05) is 0 Å². The number of likely N-dealkylation sites (N-methyl/N-ethyl adjacent to an activating group) is 1. The van der Waals surface area contributed by atoms with Crippen molar-refractivity contribution in [2.75, 3.05) is 39.0 Å². The van der Waals surface area contributed by atoms with Gasteiger partial charge in [0.05, 0.1) is 0 Å². The van der Waals surface area contributed by atoms with E-state index in [2.05, 4.69) is 10.3 Å². The molecule has 3 rings (SSSR count). The summed E-state index contributed by atoms with van der Waals surface area (Å²) in [5.74, 6) is 0.961. The number of carbonyl (C=O) groups excluding carboxylic acids is 2. The Morgan fingerprint density at radius 1 is 1.46 bits per heavy atom. The molecule has 0 radical (unpaired) electrons. The van der Waals surface area contributed by atoms with Crippen LogP contribution in [0.3, 0.4) is 0 Å². The van der Waals surface area contributed by atoms with E-state index >= 15 is 0 Å². The average molecular weight is 331 g/mol. The van der Waals surface area contributed by atoms with Crippen LogP contribution in [0.15, 0.2) is 18.3 Å². The molecule has 24 heavy (non-hydrogen) atoms. The van der Waals surface area contributed by atoms with Gasteiger partial charge in [-0.05, 0) is 37.9 Å². The lowest BCUT2D eigenvalue weighted by molar-refractivity contribution is -0.140. The standard InChI is InChI=1S/C17H25N5O2/c1-19-7-9-22-14-5-8-21(11-13(14)2-3-16(22)23)17(24)12-4-6-20-15(18)10-12/h4,6,10,13-14,19H,2-3,5,7-9,11H2,1H3,(H2,18,20)/t13-,14+/m0/s1. The summed E-state index contributed by atoms with van der Waals surface area (Å²) in [7, 11) is 1.90. The van der Waals surface area contributed by atoms with Crippen molar-refractivity contribution in [3.63, 3.8) is 0 Å². The van der Waals surface area contributed by atoms with E-state index in [1.54, 1.807) is 18.3 Å². The van der Waals surface area contributed by atoms with Gasteiger partial charge in [-0.3, -0.25) is 9.59 Å². The Labute approximate surface area is 142 Å². The summed E-state index contributed by atoms with van der Waals surface area (Å²) >= 11 is 0. The molecule has 0 bridgehead atoms. The SMILES string of the molecule is CNCCN1C(=O)CC[C@H]2CN(C(=O)c3ccnc(N)c3)CC[C@H]21. The molecule has 2 atom stereocenters. The Morgan fingerprint density at radius 3 is 3.04 bits per heavy atom. The first kappa shape index (κ1) is 16.7. The maximum absolute atomic E-state index is 12.7. The molecule has 2 aliphatic rings. The van der Waals surface area contributed by atoms with Gasteiger partial charge in [0, 0.05) is 50.4 Å². The van der Waals surface area contributed by atoms with E-state index in [0.29, 0.717) is 36.8 Å². The lowest BCUT2D eigenvalue weighted by Gasteiger charge is -2.47. The Bertz CT molecular complexity index is 621. The predicted octanol–water partition coefficient (Wildman–Crippen LogP) is 0.336. The number of carbonyl (C=O) groups is 2. The molecule has 1 aromatic heterocycles. The fourth-order valence-electron chi connectivity index (χ4n) is 3.82. The Kier molecular flexibility index (Phi) is 4.99. The first-order valence-corrected chi connectivity index (χ1v) is 8.55. The Hall–Kier alpha value is -2.15. The van der Waals surface area contributed by atoms with E-state index < -0.39 is 0 Å². The molecule has 7 heteroatoms. The highest BCUT2D eigenvalue weighted by molar-refractivity contribution is 5.94. The second kappa shape index (κ2) is 7.17. The average Bonchev–Trinajstić information content (AvgIpc) is 2.60. The third kappa shape index (κ3) is 3.36. The highest BCUT2D eigenvalue weighted by Gasteiger charge is 2.40. The number of anilines is 1. The summed E-state index contributed by atoms with van der Waals surface area (Å²) in [6, 6.07) is 3.58. The van der Waals surface area contributed by atoms with E-state index in [0.717, 1.165) is 25.9 Å². The minimum Gasteiger partial charge on any atom is -0.384 e. The molecule has 0 spiro atoms. The number of nitrogens with two attached hydrogens (primary N) is 1. The molecule has 130 valence electrons. The maximum atomic E-state index is 12.7. The van der Waals surface area contributed by atoms with Crippen LogP contribution in [0.5, 0.6) is 0 Å². The smallest absolute Gasteiger partial charge is 0.254 e. The van der Waals surface area contributed by atoms with Crippen LogP contribution >= 0.6 is 0 Å². The van der Waals surface area contributed by atoms with Crippen molar-refractivity contribution >= 4 is 17.6 Å². The highest BCUT2D eigenvalue weighted by atomic mass is 16.2. The number of likely N-dealkylation sites (tertiary alicyclic amines) is 2. The molecule has 2 aliphatic heterocycles. The number of rotatable bonds is 4. The zero-order chi connectivity index (χ0) is 17.1. The molecule has 1 aromatic rings. The number of hydrogen-bond donors (Lipinski definition) is 2. The number of nitrogens with one attached hydrogen (secondary N) is 1. The third-order valence-electron chi connectivity index (χ3n) is 5.06. The van der Waals surface area contributed by atoms with E-state index in [4.69, 9.17) is 5.73 Å². The Balaban J connectivity index is 1.68. The molecule has 0 unspecified atom stereocenters. The summed E-state index contributed by atoms with van der Waals surface area (Å²) in [5.41, 5.74) is 6.26. The van der Waals surface area contributed by atoms with Crippen LogP contribution in [0, 0.1) is 5.92 Å². The van der Waals surface area contributed by atoms with Crippen molar-refractivity contribution in [1.29, 1.82) is 0 Å². The van der Waals surface area contributed by atoms with Gasteiger partial charge >= 0.3 is 0 Å². The summed E-state index contributed by atoms with van der Waals surface area (Å²) in [6.07, 6.45) is 3.84. The zero-order valence-corrected chi connectivity index (χ0v) is 14.1. The molecule has 3 N–H and O–H groups in total. The first-order chi connectivity index (χ1) is 11.6. The molecule has 0 aliphatic carbocycles. The molecular weight excluding hydrogens is 306 g/mol. The van der Waals surface area contributed by atoms with Crippen molar-refractivity contribution in [1.82, 2.24) is 20.1 Å². The summed E-state index contributed by atoms with van der Waals surface area (Å²) in [5, 5.41) is 3.11. The van der Waals surface area contributed by atoms with Crippen molar-refractivity contribution in [2.24, 2.45) is 5.92 Å². The van der Waals surface area contributed by atoms with Crippen molar-refractivity contribution in [2.45, 2.75) is 25.3 Å². The highest BCUT2D eigenvalue weighted by Crippen LogP contribution is 2.31. The lowest BCUT2D eigenvalue weighted by atomic mass is 9.83. The quantitative estimate of drug-likeness (QED) is 0.830. The number of nitrogen functional groups attached to an aromatic ring is 1. The third-order valence-corrected chi connectivity index (χ3v) is 5.06. The summed E-state index contributed by atoms with van der Waals surface area (Å²) < 4.78 is 0. The molecule has 0 aromatic carbocycles. The number of piperidine rings is 2. The van der Waals surface area contributed by atoms with Gasteiger partial charge in [0.1, 0.15) is 5.82 Å². The van der Waals surface area contributed by atoms with Crippen LogP contribution in [-0.2, 0) is 4.79 Å². The van der Waals surface area contributed by atoms with Crippen LogP contribution in [0.4, 0.5) is 5.82 Å². The van der Waals surface area contributed by atoms with E-state index in [1.807, 2.05) is 16.8 Å². The molecular formula is C17H25N5O2. The zero-order valence-electron chi connectivity index (χ0n) is 14.1. The van der Waals surface area contributed by atoms with Crippen LogP contribution in [-0.4, -0.2) is 65.9 Å². The number of hydrogen-bond acceptors (Lipinski definition) is 5. The van der Waals surface area contributed by atoms with Crippen LogP contribution in [0.25, 0.3) is 0 Å². The number of pyridine rings is 1. The van der Waals surface area contributed by atoms with Crippen molar-refractivity contribution in [3.8, 4) is 0 Å². The summed E-state index contributed by atoms with van der Waals surface area (Å²) in [6.45, 7) is 2.92. The molecule has 7 nitrogen and oxygen atoms in total. The second-order valence-corrected chi connectivity index (χ2v) is 6.57. The minimum atomic E-state index is 0.00113. The van der Waals surface area contributed by atoms with Gasteiger partial charge in [-0.2, -0.15) is 0 Å². The van der Waals surface area contributed by atoms with Crippen molar-refractivity contribution < 1.29 is 9.59 Å². The number of nitrogens with zero attached hydrogens (tertiary/aromatic N) is 3. The van der Waals surface area contributed by atoms with Crippen LogP contribution < -0.4 is 11.1 Å². The summed E-state index contributed by atoms with van der Waals surface area (Å²) in [4.78, 5) is 32.8. The second-order valence-electron chi connectivity index (χ2n) is 6.57. The van der Waals surface area contributed by atoms with E-state index in [1.165, 1.54) is 0 Å². The van der Waals surface area contributed by atoms with Crippen LogP contribution in [0.1, 0.15) is 29.6 Å². The van der Waals surface area contributed by atoms with Gasteiger partial charge in [-0.15, -0.1) is 0 Å². The Morgan fingerprint density at radius 2 is 2.29 bits per heavy atom. The van der Waals surface area contributed by atoms with Gasteiger partial charge in [0.2, 0.25) is 5.91 Å². The first-order valence-electron chi connectivity index (χ1n) is 8.55. The van der Waals surface area contributed by atoms with Crippen molar-refractivity contribution in [3.05, 3.63) is 23.9 Å². The van der Waals surface area contributed by atoms with E-state index in [9.17, 15) is 9.59 Å². The fourth-order valence-corrected chi connectivity index (χ4v) is 3.82. The number of fused-ring (bicyclic) bond motifs is 1. The van der Waals surface area contributed by atoms with Gasteiger partial charge in [-0.25, -0.2) is 4.98 Å². The van der Waals surface area contributed by atoms with Gasteiger partial charge in [0.15, 0.2) is 0 Å². The van der Waals surface area contributed by atoms with Gasteiger partial charge < -0.3 is 20.9 Å². The van der Waals surface area contributed by atoms with Gasteiger partial charge in [0.25, 0.3) is 5.91 Å². The van der Waals surface area contributed by atoms with E-state index in [-0.39, 0.29) is 17.9 Å². The molecule has 3 heterocycles. The number of amides is 2. The predicted molar refractivity (Wildman–Crippen MR) is 91.3 cm³/mol. The minimum absolute atomic E-state index is 0.00113. The topological polar surface area (TPSA) is 91.6 Å². The number of aromatic nitrogens is 1. The fraction of sp³-hybridized carbons (Fsp3) is 0.588. The van der Waals surface area contributed by atoms with Crippen LogP contribution in [0.2, 0.25) is 0 Å². The molecule has 0 saturated carbocycles. The molecule has 2 saturated heterocycles. The lowest BCUT2D eigenvalue weighted by Crippen LogP contribution is -2.57. The molecule has 2 amide bonds. The molecule has 2 fully saturated rings.